The number of rotatable bonds is 5. The number of aliphatic hydroxyl groups excluding tert-OH is 1. The van der Waals surface area contributed by atoms with Crippen LogP contribution in [0, 0.1) is 0 Å². The zero-order valence-corrected chi connectivity index (χ0v) is 13.2. The van der Waals surface area contributed by atoms with E-state index in [2.05, 4.69) is 4.52 Å². The monoisotopic (exact) mass is 366 g/mol. The molecule has 2 rings (SSSR count). The van der Waals surface area contributed by atoms with Gasteiger partial charge in [-0.15, -0.1) is 0 Å². The Bertz CT molecular complexity index is 767. The smallest absolute Gasteiger partial charge is 0.457 e. The van der Waals surface area contributed by atoms with Crippen LogP contribution in [-0.2, 0) is 23.4 Å². The molecule has 1 aromatic rings. The van der Waals surface area contributed by atoms with Crippen molar-refractivity contribution in [1.29, 1.82) is 0 Å². The van der Waals surface area contributed by atoms with E-state index in [0.29, 0.717) is 0 Å². The standard InChI is InChI=1S/C11H15N2O10P/c1-5(14)22-9-6(4-21-24(18,19)20)23-10(8(9)16)13-3-2-7(15)12-11(13)17/h2-3,6,8-10,16H,4H2,1H3,(H,12,15,17)(H2,18,19,20)/t6-,8-,9-,10-/m1/s1. The average Bonchev–Trinajstić information content (AvgIpc) is 2.73. The molecule has 13 heteroatoms. The van der Waals surface area contributed by atoms with Gasteiger partial charge in [-0.3, -0.25) is 23.7 Å². The fraction of sp³-hybridized carbons (Fsp3) is 0.545. The number of aromatic amines is 1. The first kappa shape index (κ1) is 18.5. The van der Waals surface area contributed by atoms with Gasteiger partial charge in [-0.2, -0.15) is 0 Å². The number of hydrogen-bond donors (Lipinski definition) is 4. The van der Waals surface area contributed by atoms with Gasteiger partial charge >= 0.3 is 19.5 Å². The Hall–Kier alpha value is -1.82. The lowest BCUT2D eigenvalue weighted by molar-refractivity contribution is -0.153. The van der Waals surface area contributed by atoms with E-state index < -0.39 is 56.2 Å². The molecule has 1 aliphatic heterocycles. The van der Waals surface area contributed by atoms with E-state index in [-0.39, 0.29) is 0 Å². The number of esters is 1. The molecule has 12 nitrogen and oxygen atoms in total. The van der Waals surface area contributed by atoms with Gasteiger partial charge in [-0.25, -0.2) is 9.36 Å². The van der Waals surface area contributed by atoms with Crippen molar-refractivity contribution in [2.75, 3.05) is 6.61 Å². The molecule has 0 unspecified atom stereocenters. The van der Waals surface area contributed by atoms with Crippen molar-refractivity contribution in [2.45, 2.75) is 31.5 Å². The zero-order chi connectivity index (χ0) is 18.1. The largest absolute Gasteiger partial charge is 0.469 e. The lowest BCUT2D eigenvalue weighted by Gasteiger charge is -2.20. The van der Waals surface area contributed by atoms with Gasteiger partial charge in [-0.1, -0.05) is 0 Å². The number of nitrogens with zero attached hydrogens (tertiary/aromatic N) is 1. The van der Waals surface area contributed by atoms with Crippen LogP contribution in [0.15, 0.2) is 21.9 Å². The molecule has 0 radical (unpaired) electrons. The fourth-order valence-corrected chi connectivity index (χ4v) is 2.56. The molecule has 1 saturated heterocycles. The quantitative estimate of drug-likeness (QED) is 0.331. The molecular weight excluding hydrogens is 351 g/mol. The second-order valence-corrected chi connectivity index (χ2v) is 6.17. The normalized spacial score (nSPS) is 27.2. The van der Waals surface area contributed by atoms with E-state index in [9.17, 15) is 24.1 Å². The predicted octanol–water partition coefficient (Wildman–Crippen LogP) is -2.16. The first-order chi connectivity index (χ1) is 11.1. The number of carbonyl (C=O) groups excluding carboxylic acids is 1. The van der Waals surface area contributed by atoms with E-state index in [1.54, 1.807) is 0 Å². The van der Waals surface area contributed by atoms with Crippen LogP contribution < -0.4 is 11.2 Å². The Morgan fingerprint density at radius 3 is 2.67 bits per heavy atom. The van der Waals surface area contributed by atoms with Crippen molar-refractivity contribution in [3.63, 3.8) is 0 Å². The highest BCUT2D eigenvalue weighted by atomic mass is 31.2. The molecule has 0 amide bonds. The molecule has 0 aromatic carbocycles. The van der Waals surface area contributed by atoms with Gasteiger partial charge in [0.1, 0.15) is 12.2 Å². The van der Waals surface area contributed by atoms with Gasteiger partial charge in [0.2, 0.25) is 0 Å². The van der Waals surface area contributed by atoms with Crippen molar-refractivity contribution in [1.82, 2.24) is 9.55 Å². The van der Waals surface area contributed by atoms with Crippen molar-refractivity contribution >= 4 is 13.8 Å². The number of carbonyl (C=O) groups is 1. The maximum absolute atomic E-state index is 11.8. The minimum absolute atomic E-state index is 0.665. The molecule has 0 bridgehead atoms. The first-order valence-electron chi connectivity index (χ1n) is 6.61. The van der Waals surface area contributed by atoms with Gasteiger partial charge in [0.05, 0.1) is 6.61 Å². The molecule has 0 aliphatic carbocycles. The number of H-pyrrole nitrogens is 1. The maximum Gasteiger partial charge on any atom is 0.469 e. The van der Waals surface area contributed by atoms with Crippen molar-refractivity contribution in [3.05, 3.63) is 33.1 Å². The number of ether oxygens (including phenoxy) is 2. The summed E-state index contributed by atoms with van der Waals surface area (Å²) in [4.78, 5) is 53.4. The summed E-state index contributed by atoms with van der Waals surface area (Å²) in [6.45, 7) is 0.362. The molecule has 4 N–H and O–H groups in total. The molecule has 1 aliphatic rings. The minimum atomic E-state index is -4.82. The Morgan fingerprint density at radius 1 is 1.46 bits per heavy atom. The highest BCUT2D eigenvalue weighted by Gasteiger charge is 2.48. The Balaban J connectivity index is 2.28. The Labute approximate surface area is 133 Å². The van der Waals surface area contributed by atoms with E-state index in [1.165, 1.54) is 0 Å². The summed E-state index contributed by atoms with van der Waals surface area (Å²) in [5.41, 5.74) is -1.55. The zero-order valence-electron chi connectivity index (χ0n) is 12.3. The van der Waals surface area contributed by atoms with Crippen LogP contribution in [0.3, 0.4) is 0 Å². The van der Waals surface area contributed by atoms with Gasteiger partial charge in [0.25, 0.3) is 5.56 Å². The number of aromatic nitrogens is 2. The summed E-state index contributed by atoms with van der Waals surface area (Å²) in [6.07, 6.45) is -4.42. The van der Waals surface area contributed by atoms with E-state index >= 15 is 0 Å². The SMILES string of the molecule is CC(=O)O[C@H]1[C@@H](O)[C@H](n2ccc(=O)[nH]c2=O)O[C@@H]1COP(=O)(O)O. The van der Waals surface area contributed by atoms with Gasteiger partial charge in [0, 0.05) is 19.2 Å². The number of phosphoric acid groups is 1. The molecule has 0 saturated carbocycles. The van der Waals surface area contributed by atoms with Crippen LogP contribution in [0.2, 0.25) is 0 Å². The second-order valence-electron chi connectivity index (χ2n) is 4.93. The van der Waals surface area contributed by atoms with E-state index in [1.807, 2.05) is 4.98 Å². The Morgan fingerprint density at radius 2 is 2.12 bits per heavy atom. The van der Waals surface area contributed by atoms with Crippen LogP contribution in [0.5, 0.6) is 0 Å². The molecule has 4 atom stereocenters. The Kier molecular flexibility index (Phi) is 5.38. The van der Waals surface area contributed by atoms with Gasteiger partial charge in [-0.05, 0) is 0 Å². The fourth-order valence-electron chi connectivity index (χ4n) is 2.22. The highest BCUT2D eigenvalue weighted by molar-refractivity contribution is 7.46. The van der Waals surface area contributed by atoms with Crippen LogP contribution in [0.1, 0.15) is 13.2 Å². The lowest BCUT2D eigenvalue weighted by Crippen LogP contribution is -2.39. The number of nitrogens with one attached hydrogen (secondary N) is 1. The van der Waals surface area contributed by atoms with Crippen molar-refractivity contribution in [2.24, 2.45) is 0 Å². The summed E-state index contributed by atoms with van der Waals surface area (Å²) < 4.78 is 26.2. The predicted molar refractivity (Wildman–Crippen MR) is 74.8 cm³/mol. The molecule has 1 aromatic heterocycles. The van der Waals surface area contributed by atoms with E-state index in [4.69, 9.17) is 19.3 Å². The molecular formula is C11H15N2O10P. The molecule has 2 heterocycles. The lowest BCUT2D eigenvalue weighted by atomic mass is 10.1. The third kappa shape index (κ3) is 4.38. The van der Waals surface area contributed by atoms with E-state index in [0.717, 1.165) is 23.8 Å². The van der Waals surface area contributed by atoms with Crippen molar-refractivity contribution < 1.29 is 38.3 Å². The van der Waals surface area contributed by atoms with Crippen molar-refractivity contribution in [3.8, 4) is 0 Å². The first-order valence-corrected chi connectivity index (χ1v) is 8.14. The number of hydrogen-bond acceptors (Lipinski definition) is 8. The van der Waals surface area contributed by atoms with Crippen LogP contribution in [0.4, 0.5) is 0 Å². The van der Waals surface area contributed by atoms with Crippen LogP contribution in [-0.4, -0.2) is 55.3 Å². The second kappa shape index (κ2) is 6.97. The van der Waals surface area contributed by atoms with Gasteiger partial charge in [0.15, 0.2) is 12.3 Å². The van der Waals surface area contributed by atoms with Gasteiger partial charge < -0.3 is 24.4 Å². The molecule has 134 valence electrons. The molecule has 24 heavy (non-hydrogen) atoms. The third-order valence-electron chi connectivity index (χ3n) is 3.14. The van der Waals surface area contributed by atoms with Crippen LogP contribution in [0.25, 0.3) is 0 Å². The summed E-state index contributed by atoms with van der Waals surface area (Å²) in [5, 5.41) is 10.2. The maximum atomic E-state index is 11.8. The average molecular weight is 366 g/mol. The molecule has 1 fully saturated rings. The topological polar surface area (TPSA) is 177 Å². The highest BCUT2D eigenvalue weighted by Crippen LogP contribution is 2.38. The molecule has 0 spiro atoms. The summed E-state index contributed by atoms with van der Waals surface area (Å²) >= 11 is 0. The summed E-state index contributed by atoms with van der Waals surface area (Å²) in [5.74, 6) is -0.779. The third-order valence-corrected chi connectivity index (χ3v) is 3.63. The summed E-state index contributed by atoms with van der Waals surface area (Å²) in [7, 11) is -4.82. The number of phosphoric ester groups is 1. The van der Waals surface area contributed by atoms with Crippen LogP contribution >= 0.6 is 7.82 Å². The number of aliphatic hydroxyl groups is 1. The minimum Gasteiger partial charge on any atom is -0.457 e. The summed E-state index contributed by atoms with van der Waals surface area (Å²) in [6, 6.07) is 1.01.